The summed E-state index contributed by atoms with van der Waals surface area (Å²) in [5.41, 5.74) is 5.13. The lowest BCUT2D eigenvalue weighted by atomic mass is 9.82. The number of carbonyl (C=O) groups excluding carboxylic acids is 3. The van der Waals surface area contributed by atoms with Gasteiger partial charge in [0.2, 0.25) is 5.91 Å². The lowest BCUT2D eigenvalue weighted by Gasteiger charge is -2.44. The van der Waals surface area contributed by atoms with E-state index in [1.54, 1.807) is 4.90 Å². The molecule has 0 spiro atoms. The number of aryl methyl sites for hydroxylation is 1. The van der Waals surface area contributed by atoms with Crippen molar-refractivity contribution in [3.05, 3.63) is 65.2 Å². The molecule has 1 N–H and O–H groups in total. The molecule has 0 aliphatic carbocycles. The minimum atomic E-state index is -0.286. The van der Waals surface area contributed by atoms with Crippen LogP contribution in [0.15, 0.2) is 48.5 Å². The number of ether oxygens (including phenoxy) is 1. The summed E-state index contributed by atoms with van der Waals surface area (Å²) in [6.07, 6.45) is 7.89. The number of benzene rings is 2. The van der Waals surface area contributed by atoms with Gasteiger partial charge in [-0.05, 0) is 94.0 Å². The van der Waals surface area contributed by atoms with Crippen LogP contribution in [0.3, 0.4) is 0 Å². The number of rotatable bonds is 5. The van der Waals surface area contributed by atoms with Crippen LogP contribution in [0, 0.1) is 18.3 Å². The molecule has 0 radical (unpaired) electrons. The van der Waals surface area contributed by atoms with Gasteiger partial charge in [0.1, 0.15) is 0 Å². The Kier molecular flexibility index (Phi) is 12.1. The summed E-state index contributed by atoms with van der Waals surface area (Å²) in [7, 11) is 1.40. The van der Waals surface area contributed by atoms with Gasteiger partial charge in [-0.1, -0.05) is 68.8 Å². The Morgan fingerprint density at radius 1 is 0.875 bits per heavy atom. The average Bonchev–Trinajstić information content (AvgIpc) is 3.26. The van der Waals surface area contributed by atoms with Gasteiger partial charge in [0.15, 0.2) is 0 Å². The van der Waals surface area contributed by atoms with Crippen LogP contribution in [0.25, 0.3) is 0 Å². The third-order valence-electron chi connectivity index (χ3n) is 11.0. The van der Waals surface area contributed by atoms with Gasteiger partial charge in [-0.2, -0.15) is 0 Å². The Hall–Kier alpha value is -3.59. The smallest absolute Gasteiger partial charge is 0.409 e. The summed E-state index contributed by atoms with van der Waals surface area (Å²) >= 11 is 0. The number of anilines is 1. The molecule has 4 aliphatic rings. The molecule has 4 heterocycles. The molecule has 0 saturated carbocycles. The van der Waals surface area contributed by atoms with Crippen LogP contribution in [0.1, 0.15) is 76.0 Å². The molecule has 2 aromatic rings. The predicted molar refractivity (Wildman–Crippen MR) is 191 cm³/mol. The largest absolute Gasteiger partial charge is 0.453 e. The van der Waals surface area contributed by atoms with Gasteiger partial charge in [0, 0.05) is 56.4 Å². The number of nitrogens with one attached hydrogen (secondary N) is 1. The number of para-hydroxylation sites is 1. The summed E-state index contributed by atoms with van der Waals surface area (Å²) in [5, 5.41) is 3.00. The van der Waals surface area contributed by atoms with E-state index in [1.807, 2.05) is 23.1 Å². The van der Waals surface area contributed by atoms with E-state index in [4.69, 9.17) is 4.74 Å². The topological polar surface area (TPSA) is 85.4 Å². The van der Waals surface area contributed by atoms with Gasteiger partial charge in [-0.25, -0.2) is 9.59 Å². The van der Waals surface area contributed by atoms with E-state index in [0.29, 0.717) is 37.0 Å². The number of amides is 4. The number of likely N-dealkylation sites (tertiary alicyclic amines) is 3. The molecule has 3 saturated heterocycles. The summed E-state index contributed by atoms with van der Waals surface area (Å²) in [6.45, 7) is 15.3. The third kappa shape index (κ3) is 9.30. The number of hydrogen-bond donors (Lipinski definition) is 1. The van der Waals surface area contributed by atoms with Crippen LogP contribution >= 0.6 is 0 Å². The molecule has 0 aromatic heterocycles. The van der Waals surface area contributed by atoms with Crippen molar-refractivity contribution in [2.75, 3.05) is 58.2 Å². The quantitative estimate of drug-likeness (QED) is 0.392. The summed E-state index contributed by atoms with van der Waals surface area (Å²) in [6, 6.07) is 17.3. The van der Waals surface area contributed by atoms with Crippen LogP contribution in [-0.4, -0.2) is 103 Å². The number of hydrogen-bond acceptors (Lipinski definition) is 5. The average molecular weight is 660 g/mol. The van der Waals surface area contributed by atoms with Crippen molar-refractivity contribution in [1.29, 1.82) is 0 Å². The first-order valence-electron chi connectivity index (χ1n) is 18.1. The van der Waals surface area contributed by atoms with E-state index in [2.05, 4.69) is 73.1 Å². The molecule has 4 amide bonds. The van der Waals surface area contributed by atoms with Crippen molar-refractivity contribution in [2.24, 2.45) is 11.3 Å². The lowest BCUT2D eigenvalue weighted by molar-refractivity contribution is -0.136. The summed E-state index contributed by atoms with van der Waals surface area (Å²) < 4.78 is 4.75. The number of nitrogens with zero attached hydrogens (tertiary/aromatic N) is 4. The second kappa shape index (κ2) is 16.2. The van der Waals surface area contributed by atoms with Crippen LogP contribution in [0.5, 0.6) is 0 Å². The Balaban J connectivity index is 0.000000190. The van der Waals surface area contributed by atoms with Crippen molar-refractivity contribution in [1.82, 2.24) is 19.6 Å². The summed E-state index contributed by atoms with van der Waals surface area (Å²) in [5.74, 6) is 0.411. The molecule has 0 unspecified atom stereocenters. The van der Waals surface area contributed by atoms with Crippen molar-refractivity contribution < 1.29 is 19.1 Å². The van der Waals surface area contributed by atoms with E-state index in [0.717, 1.165) is 57.3 Å². The molecule has 9 nitrogen and oxygen atoms in total. The van der Waals surface area contributed by atoms with E-state index in [-0.39, 0.29) is 24.1 Å². The maximum atomic E-state index is 12.9. The van der Waals surface area contributed by atoms with Crippen molar-refractivity contribution >= 4 is 23.7 Å². The zero-order valence-electron chi connectivity index (χ0n) is 29.9. The molecule has 4 aliphatic heterocycles. The van der Waals surface area contributed by atoms with E-state index in [1.165, 1.54) is 49.7 Å². The van der Waals surface area contributed by atoms with E-state index >= 15 is 0 Å². The fraction of sp³-hybridized carbons (Fsp3) is 0.615. The van der Waals surface area contributed by atoms with Gasteiger partial charge in [-0.3, -0.25) is 4.79 Å². The molecular weight excluding hydrogens is 602 g/mol. The Labute approximate surface area is 288 Å². The minimum Gasteiger partial charge on any atom is -0.453 e. The van der Waals surface area contributed by atoms with Crippen LogP contribution in [0.2, 0.25) is 0 Å². The highest BCUT2D eigenvalue weighted by Crippen LogP contribution is 2.32. The van der Waals surface area contributed by atoms with Crippen LogP contribution in [0.4, 0.5) is 15.3 Å². The van der Waals surface area contributed by atoms with Gasteiger partial charge in [-0.15, -0.1) is 0 Å². The lowest BCUT2D eigenvalue weighted by Crippen LogP contribution is -2.50. The Morgan fingerprint density at radius 2 is 1.52 bits per heavy atom. The summed E-state index contributed by atoms with van der Waals surface area (Å²) in [4.78, 5) is 45.3. The van der Waals surface area contributed by atoms with Gasteiger partial charge in [0.05, 0.1) is 7.11 Å². The van der Waals surface area contributed by atoms with E-state index < -0.39 is 0 Å². The Bertz CT molecular complexity index is 1390. The molecule has 0 bridgehead atoms. The first-order valence-corrected chi connectivity index (χ1v) is 18.1. The number of fused-ring (bicyclic) bond motifs is 1. The molecule has 2 aromatic carbocycles. The van der Waals surface area contributed by atoms with Crippen molar-refractivity contribution in [2.45, 2.75) is 91.1 Å². The molecule has 9 heteroatoms. The first-order chi connectivity index (χ1) is 23.0. The zero-order chi connectivity index (χ0) is 34.3. The second-order valence-corrected chi connectivity index (χ2v) is 15.1. The van der Waals surface area contributed by atoms with Gasteiger partial charge < -0.3 is 29.7 Å². The van der Waals surface area contributed by atoms with Gasteiger partial charge >= 0.3 is 12.1 Å². The monoisotopic (exact) mass is 659 g/mol. The number of urea groups is 1. The molecule has 1 atom stereocenters. The standard InChI is InChI=1S/C23H36N2O.C16H21N3O3/c1-18-6-5-7-20(16-18)17-19(2)22(26)25-12-8-21(9-13-25)24-14-10-23(3,4)11-15-24;1-22-16(21)18-9-7-13(8-10-18)19-11-6-12-4-2-3-5-14(12)17-15(19)20/h5-7,16,19,21H,8-15,17H2,1-4H3;2-5,13H,6-11H2,1H3,(H,17,20)/t19-;/m1./s1. The first kappa shape index (κ1) is 35.7. The van der Waals surface area contributed by atoms with Crippen molar-refractivity contribution in [3.8, 4) is 0 Å². The molecule has 3 fully saturated rings. The molecule has 6 rings (SSSR count). The SMILES string of the molecule is COC(=O)N1CCC(N2CCc3ccccc3NC2=O)CC1.Cc1cccc(C[C@@H](C)C(=O)N2CCC(N3CCC(C)(C)CC3)CC2)c1. The minimum absolute atomic E-state index is 0.0403. The highest BCUT2D eigenvalue weighted by Gasteiger charge is 2.34. The molecule has 48 heavy (non-hydrogen) atoms. The maximum absolute atomic E-state index is 12.9. The number of methoxy groups -OCH3 is 1. The van der Waals surface area contributed by atoms with Crippen LogP contribution < -0.4 is 5.32 Å². The fourth-order valence-electron chi connectivity index (χ4n) is 7.76. The zero-order valence-corrected chi connectivity index (χ0v) is 29.9. The second-order valence-electron chi connectivity index (χ2n) is 15.1. The molecule has 262 valence electrons. The highest BCUT2D eigenvalue weighted by atomic mass is 16.5. The highest BCUT2D eigenvalue weighted by molar-refractivity contribution is 5.91. The number of carbonyl (C=O) groups is 3. The maximum Gasteiger partial charge on any atom is 0.409 e. The van der Waals surface area contributed by atoms with Gasteiger partial charge in [0.25, 0.3) is 0 Å². The number of piperidine rings is 3. The predicted octanol–water partition coefficient (Wildman–Crippen LogP) is 6.59. The van der Waals surface area contributed by atoms with Crippen LogP contribution in [-0.2, 0) is 22.4 Å². The molecular formula is C39H57N5O4. The van der Waals surface area contributed by atoms with Crippen molar-refractivity contribution in [3.63, 3.8) is 0 Å². The Morgan fingerprint density at radius 3 is 2.19 bits per heavy atom. The normalized spacial score (nSPS) is 21.3. The fourth-order valence-corrected chi connectivity index (χ4v) is 7.76. The third-order valence-corrected chi connectivity index (χ3v) is 11.0. The van der Waals surface area contributed by atoms with E-state index in [9.17, 15) is 14.4 Å².